The summed E-state index contributed by atoms with van der Waals surface area (Å²) in [5.74, 6) is 1.38. The van der Waals surface area contributed by atoms with Crippen molar-refractivity contribution in [3.63, 3.8) is 0 Å². The minimum atomic E-state index is -0.970. The van der Waals surface area contributed by atoms with Gasteiger partial charge in [0, 0.05) is 29.0 Å². The van der Waals surface area contributed by atoms with Crippen LogP contribution >= 0.6 is 11.3 Å². The molecular weight excluding hydrogens is 302 g/mol. The first kappa shape index (κ1) is 14.8. The SMILES string of the molecule is CC1=C(C)CC2(CC(C)(C)Oc3cc(C#N)sc32)S(=O)C1. The Morgan fingerprint density at radius 3 is 2.76 bits per heavy atom. The molecule has 0 fully saturated rings. The fourth-order valence-corrected chi connectivity index (χ4v) is 6.85. The molecule has 1 aromatic rings. The number of ether oxygens (including phenoxy) is 1. The molecule has 0 radical (unpaired) electrons. The van der Waals surface area contributed by atoms with Gasteiger partial charge in [-0.3, -0.25) is 4.21 Å². The van der Waals surface area contributed by atoms with E-state index in [-0.39, 0.29) is 10.3 Å². The Kier molecular flexibility index (Phi) is 3.30. The first-order chi connectivity index (χ1) is 9.77. The van der Waals surface area contributed by atoms with Crippen LogP contribution in [0.5, 0.6) is 5.75 Å². The van der Waals surface area contributed by atoms with Crippen LogP contribution in [-0.2, 0) is 15.5 Å². The summed E-state index contributed by atoms with van der Waals surface area (Å²) in [6.07, 6.45) is 1.53. The number of nitriles is 1. The lowest BCUT2D eigenvalue weighted by atomic mass is 9.83. The molecule has 1 spiro atoms. The molecule has 0 N–H and O–H groups in total. The van der Waals surface area contributed by atoms with E-state index < -0.39 is 10.8 Å². The van der Waals surface area contributed by atoms with E-state index in [1.807, 2.05) is 13.8 Å². The Balaban J connectivity index is 2.21. The molecule has 0 amide bonds. The van der Waals surface area contributed by atoms with E-state index in [4.69, 9.17) is 4.74 Å². The van der Waals surface area contributed by atoms with Gasteiger partial charge in [-0.1, -0.05) is 11.1 Å². The van der Waals surface area contributed by atoms with E-state index in [1.54, 1.807) is 6.07 Å². The van der Waals surface area contributed by atoms with Gasteiger partial charge in [0.1, 0.15) is 22.3 Å². The summed E-state index contributed by atoms with van der Waals surface area (Å²) in [7, 11) is -0.970. The fraction of sp³-hybridized carbons (Fsp3) is 0.562. The van der Waals surface area contributed by atoms with Crippen molar-refractivity contribution < 1.29 is 8.95 Å². The molecular formula is C16H19NO2S2. The molecule has 0 aromatic carbocycles. The largest absolute Gasteiger partial charge is 0.487 e. The Morgan fingerprint density at radius 1 is 1.38 bits per heavy atom. The molecule has 0 saturated carbocycles. The van der Waals surface area contributed by atoms with Crippen molar-refractivity contribution in [2.75, 3.05) is 5.75 Å². The third kappa shape index (κ3) is 2.25. The molecule has 3 nitrogen and oxygen atoms in total. The first-order valence-corrected chi connectivity index (χ1v) is 9.18. The van der Waals surface area contributed by atoms with Crippen molar-refractivity contribution in [3.8, 4) is 11.8 Å². The second-order valence-corrected chi connectivity index (χ2v) is 9.49. The maximum absolute atomic E-state index is 13.0. The van der Waals surface area contributed by atoms with Crippen LogP contribution in [0.25, 0.3) is 0 Å². The van der Waals surface area contributed by atoms with E-state index in [9.17, 15) is 9.47 Å². The van der Waals surface area contributed by atoms with E-state index in [1.165, 1.54) is 22.5 Å². The summed E-state index contributed by atoms with van der Waals surface area (Å²) < 4.78 is 18.7. The monoisotopic (exact) mass is 321 g/mol. The lowest BCUT2D eigenvalue weighted by Gasteiger charge is -2.46. The number of fused-ring (bicyclic) bond motifs is 2. The predicted octanol–water partition coefficient (Wildman–Crippen LogP) is 3.86. The quantitative estimate of drug-likeness (QED) is 0.682. The molecule has 2 atom stereocenters. The molecule has 112 valence electrons. The molecule has 2 aliphatic heterocycles. The van der Waals surface area contributed by atoms with E-state index in [2.05, 4.69) is 19.9 Å². The topological polar surface area (TPSA) is 50.1 Å². The molecule has 2 unspecified atom stereocenters. The zero-order valence-electron chi connectivity index (χ0n) is 12.8. The van der Waals surface area contributed by atoms with Gasteiger partial charge in [-0.25, -0.2) is 0 Å². The summed E-state index contributed by atoms with van der Waals surface area (Å²) in [5, 5.41) is 9.18. The van der Waals surface area contributed by atoms with Gasteiger partial charge in [-0.2, -0.15) is 5.26 Å². The second kappa shape index (κ2) is 4.69. The summed E-state index contributed by atoms with van der Waals surface area (Å²) in [5.41, 5.74) is 2.20. The van der Waals surface area contributed by atoms with Gasteiger partial charge in [0.2, 0.25) is 0 Å². The zero-order valence-corrected chi connectivity index (χ0v) is 14.4. The predicted molar refractivity (Wildman–Crippen MR) is 86.0 cm³/mol. The van der Waals surface area contributed by atoms with Gasteiger partial charge in [0.25, 0.3) is 0 Å². The maximum atomic E-state index is 13.0. The zero-order chi connectivity index (χ0) is 15.4. The van der Waals surface area contributed by atoms with Crippen molar-refractivity contribution in [3.05, 3.63) is 27.0 Å². The highest BCUT2D eigenvalue weighted by Crippen LogP contribution is 2.55. The van der Waals surface area contributed by atoms with Crippen LogP contribution < -0.4 is 4.74 Å². The van der Waals surface area contributed by atoms with Crippen LogP contribution in [0.3, 0.4) is 0 Å². The average molecular weight is 321 g/mol. The van der Waals surface area contributed by atoms with Crippen LogP contribution in [-0.4, -0.2) is 15.6 Å². The summed E-state index contributed by atoms with van der Waals surface area (Å²) in [4.78, 5) is 1.64. The fourth-order valence-electron chi connectivity index (χ4n) is 3.37. The molecule has 21 heavy (non-hydrogen) atoms. The first-order valence-electron chi connectivity index (χ1n) is 7.04. The molecule has 5 heteroatoms. The van der Waals surface area contributed by atoms with Gasteiger partial charge < -0.3 is 4.74 Å². The normalized spacial score (nSPS) is 30.7. The molecule has 2 aliphatic rings. The van der Waals surface area contributed by atoms with Crippen LogP contribution in [0, 0.1) is 11.3 Å². The molecule has 0 aliphatic carbocycles. The van der Waals surface area contributed by atoms with Gasteiger partial charge in [-0.05, 0) is 34.1 Å². The highest BCUT2D eigenvalue weighted by atomic mass is 32.2. The van der Waals surface area contributed by atoms with Gasteiger partial charge in [-0.15, -0.1) is 11.3 Å². The number of allylic oxidation sites excluding steroid dienone is 1. The third-order valence-corrected chi connectivity index (χ3v) is 7.80. The van der Waals surface area contributed by atoms with Crippen LogP contribution in [0.2, 0.25) is 0 Å². The molecule has 0 saturated heterocycles. The molecule has 1 aromatic heterocycles. The standard InChI is InChI=1S/C16H19NO2S2/c1-10-6-16(21(18)8-11(10)2)9-15(3,4)19-13-5-12(7-17)20-14(13)16/h5H,6,8-9H2,1-4H3. The highest BCUT2D eigenvalue weighted by molar-refractivity contribution is 7.86. The van der Waals surface area contributed by atoms with Crippen molar-refractivity contribution in [2.45, 2.75) is 50.9 Å². The number of rotatable bonds is 0. The maximum Gasteiger partial charge on any atom is 0.136 e. The average Bonchev–Trinajstić information content (AvgIpc) is 2.78. The Hall–Kier alpha value is -1.12. The number of thiophene rings is 1. The smallest absolute Gasteiger partial charge is 0.136 e. The Morgan fingerprint density at radius 2 is 2.10 bits per heavy atom. The number of hydrogen-bond donors (Lipinski definition) is 0. The van der Waals surface area contributed by atoms with Crippen molar-refractivity contribution in [1.29, 1.82) is 5.26 Å². The lowest BCUT2D eigenvalue weighted by Crippen LogP contribution is -2.48. The molecule has 3 heterocycles. The van der Waals surface area contributed by atoms with E-state index >= 15 is 0 Å². The highest BCUT2D eigenvalue weighted by Gasteiger charge is 2.52. The Bertz CT molecular complexity index is 708. The van der Waals surface area contributed by atoms with Crippen LogP contribution in [0.15, 0.2) is 17.2 Å². The third-order valence-electron chi connectivity index (χ3n) is 4.38. The Labute approximate surface area is 132 Å². The van der Waals surface area contributed by atoms with E-state index in [0.29, 0.717) is 10.6 Å². The molecule has 0 bridgehead atoms. The van der Waals surface area contributed by atoms with Gasteiger partial charge in [0.05, 0.1) is 9.62 Å². The number of nitrogens with zero attached hydrogens (tertiary/aromatic N) is 1. The van der Waals surface area contributed by atoms with Crippen molar-refractivity contribution in [1.82, 2.24) is 0 Å². The summed E-state index contributed by atoms with van der Waals surface area (Å²) >= 11 is 1.45. The minimum absolute atomic E-state index is 0.359. The van der Waals surface area contributed by atoms with E-state index in [0.717, 1.165) is 23.5 Å². The minimum Gasteiger partial charge on any atom is -0.487 e. The van der Waals surface area contributed by atoms with Gasteiger partial charge in [0.15, 0.2) is 0 Å². The van der Waals surface area contributed by atoms with Crippen molar-refractivity contribution >= 4 is 22.1 Å². The number of hydrogen-bond acceptors (Lipinski definition) is 4. The summed E-state index contributed by atoms with van der Waals surface area (Å²) in [6.45, 7) is 8.28. The summed E-state index contributed by atoms with van der Waals surface area (Å²) in [6, 6.07) is 4.00. The molecule has 3 rings (SSSR count). The van der Waals surface area contributed by atoms with Gasteiger partial charge >= 0.3 is 0 Å². The van der Waals surface area contributed by atoms with Crippen LogP contribution in [0.1, 0.15) is 50.3 Å². The second-order valence-electron chi connectivity index (χ2n) is 6.68. The lowest BCUT2D eigenvalue weighted by molar-refractivity contribution is 0.0659. The van der Waals surface area contributed by atoms with Crippen molar-refractivity contribution in [2.24, 2.45) is 0 Å². The van der Waals surface area contributed by atoms with Crippen LogP contribution in [0.4, 0.5) is 0 Å².